The van der Waals surface area contributed by atoms with Gasteiger partial charge in [0.1, 0.15) is 11.3 Å². The quantitative estimate of drug-likeness (QED) is 0.623. The van der Waals surface area contributed by atoms with Crippen LogP contribution in [0.5, 0.6) is 5.75 Å². The number of hydrogen-bond acceptors (Lipinski definition) is 4. The van der Waals surface area contributed by atoms with Gasteiger partial charge in [0.2, 0.25) is 0 Å². The molecule has 1 amide bonds. The Bertz CT molecular complexity index is 1230. The third-order valence-corrected chi connectivity index (χ3v) is 5.70. The van der Waals surface area contributed by atoms with Gasteiger partial charge in [0.15, 0.2) is 0 Å². The summed E-state index contributed by atoms with van der Waals surface area (Å²) in [5.41, 5.74) is 0.382. The number of anilines is 1. The minimum atomic E-state index is -0.684. The van der Waals surface area contributed by atoms with Crippen molar-refractivity contribution in [3.63, 3.8) is 0 Å². The first kappa shape index (κ1) is 20.9. The zero-order valence-electron chi connectivity index (χ0n) is 15.8. The molecule has 0 radical (unpaired) electrons. The van der Waals surface area contributed by atoms with E-state index in [0.29, 0.717) is 27.6 Å². The third kappa shape index (κ3) is 3.86. The normalized spacial score (nSPS) is 10.7. The lowest BCUT2D eigenvalue weighted by molar-refractivity contribution is 0.102. The fourth-order valence-electron chi connectivity index (χ4n) is 2.93. The molecular weight excluding hydrogens is 462 g/mol. The Labute approximate surface area is 179 Å². The molecule has 0 aliphatic heterocycles. The zero-order chi connectivity index (χ0) is 21.3. The number of rotatable bonds is 4. The number of aryl methyl sites for hydroxylation is 1. The van der Waals surface area contributed by atoms with E-state index < -0.39 is 17.2 Å². The van der Waals surface area contributed by atoms with Gasteiger partial charge < -0.3 is 14.6 Å². The van der Waals surface area contributed by atoms with Crippen LogP contribution in [0.15, 0.2) is 56.7 Å². The Hall–Kier alpha value is -2.84. The van der Waals surface area contributed by atoms with Crippen molar-refractivity contribution in [3.8, 4) is 16.9 Å². The number of para-hydroxylation sites is 1. The first-order chi connectivity index (χ1) is 13.8. The summed E-state index contributed by atoms with van der Waals surface area (Å²) >= 11 is 9.81. The number of carbonyl (C=O) groups is 1. The van der Waals surface area contributed by atoms with Crippen molar-refractivity contribution in [1.82, 2.24) is 9.13 Å². The molecule has 3 aromatic rings. The maximum absolute atomic E-state index is 12.8. The van der Waals surface area contributed by atoms with E-state index in [9.17, 15) is 14.4 Å². The second-order valence-corrected chi connectivity index (χ2v) is 7.47. The van der Waals surface area contributed by atoms with Crippen LogP contribution in [0.1, 0.15) is 10.4 Å². The van der Waals surface area contributed by atoms with Gasteiger partial charge in [0.05, 0.1) is 17.8 Å². The van der Waals surface area contributed by atoms with Crippen LogP contribution in [0.25, 0.3) is 11.1 Å². The largest absolute Gasteiger partial charge is 0.494 e. The number of halogens is 2. The van der Waals surface area contributed by atoms with Crippen molar-refractivity contribution in [2.45, 2.75) is 0 Å². The van der Waals surface area contributed by atoms with Crippen LogP contribution in [0.2, 0.25) is 5.02 Å². The zero-order valence-corrected chi connectivity index (χ0v) is 18.2. The Morgan fingerprint density at radius 1 is 1.10 bits per heavy atom. The van der Waals surface area contributed by atoms with Crippen LogP contribution in [0.4, 0.5) is 5.69 Å². The summed E-state index contributed by atoms with van der Waals surface area (Å²) in [7, 11) is 4.26. The Morgan fingerprint density at radius 3 is 2.45 bits per heavy atom. The molecule has 3 rings (SSSR count). The maximum Gasteiger partial charge on any atom is 0.330 e. The van der Waals surface area contributed by atoms with Gasteiger partial charge in [-0.3, -0.25) is 14.2 Å². The molecule has 0 saturated heterocycles. The highest BCUT2D eigenvalue weighted by Crippen LogP contribution is 2.41. The average molecular weight is 479 g/mol. The monoisotopic (exact) mass is 477 g/mol. The number of hydrogen-bond donors (Lipinski definition) is 1. The summed E-state index contributed by atoms with van der Waals surface area (Å²) < 4.78 is 8.31. The van der Waals surface area contributed by atoms with Crippen LogP contribution < -0.4 is 21.3 Å². The molecule has 0 unspecified atom stereocenters. The van der Waals surface area contributed by atoms with Crippen LogP contribution in [0.3, 0.4) is 0 Å². The van der Waals surface area contributed by atoms with E-state index in [1.165, 1.54) is 32.0 Å². The summed E-state index contributed by atoms with van der Waals surface area (Å²) in [6, 6.07) is 10.7. The van der Waals surface area contributed by atoms with E-state index in [1.807, 2.05) is 24.3 Å². The second-order valence-electron chi connectivity index (χ2n) is 6.24. The van der Waals surface area contributed by atoms with Crippen molar-refractivity contribution in [1.29, 1.82) is 0 Å². The van der Waals surface area contributed by atoms with Crippen molar-refractivity contribution >= 4 is 39.1 Å². The van der Waals surface area contributed by atoms with E-state index in [2.05, 4.69) is 21.2 Å². The highest BCUT2D eigenvalue weighted by Gasteiger charge is 2.19. The highest BCUT2D eigenvalue weighted by molar-refractivity contribution is 9.10. The molecule has 150 valence electrons. The molecule has 0 fully saturated rings. The number of methoxy groups -OCH3 is 1. The van der Waals surface area contributed by atoms with Crippen molar-refractivity contribution in [2.24, 2.45) is 14.1 Å². The Morgan fingerprint density at radius 2 is 1.76 bits per heavy atom. The number of ether oxygens (including phenoxy) is 1. The van der Waals surface area contributed by atoms with Gasteiger partial charge in [-0.1, -0.05) is 35.9 Å². The second kappa shape index (κ2) is 8.26. The topological polar surface area (TPSA) is 82.3 Å². The van der Waals surface area contributed by atoms with Gasteiger partial charge in [-0.15, -0.1) is 0 Å². The lowest BCUT2D eigenvalue weighted by atomic mass is 10.0. The summed E-state index contributed by atoms with van der Waals surface area (Å²) in [5, 5.41) is 3.19. The minimum Gasteiger partial charge on any atom is -0.494 e. The summed E-state index contributed by atoms with van der Waals surface area (Å²) in [4.78, 5) is 36.9. The van der Waals surface area contributed by atoms with E-state index >= 15 is 0 Å². The standard InChI is InChI=1S/C20H17BrClN3O4/c1-24-10-13(19(27)25(2)20(24)28)18(26)23-15-9-5-7-12(17(15)29-3)11-6-4-8-14(21)16(11)22/h4-10H,1-3H3,(H,23,26). The van der Waals surface area contributed by atoms with E-state index in [0.717, 1.165) is 9.04 Å². The van der Waals surface area contributed by atoms with Crippen molar-refractivity contribution in [3.05, 3.63) is 78.5 Å². The number of carbonyl (C=O) groups excluding carboxylic acids is 1. The third-order valence-electron chi connectivity index (χ3n) is 4.40. The molecule has 0 aliphatic carbocycles. The predicted octanol–water partition coefficient (Wildman–Crippen LogP) is 3.43. The van der Waals surface area contributed by atoms with Gasteiger partial charge in [-0.25, -0.2) is 4.79 Å². The number of aromatic nitrogens is 2. The van der Waals surface area contributed by atoms with Gasteiger partial charge in [-0.05, 0) is 28.1 Å². The van der Waals surface area contributed by atoms with Gasteiger partial charge in [0.25, 0.3) is 11.5 Å². The van der Waals surface area contributed by atoms with Crippen molar-refractivity contribution < 1.29 is 9.53 Å². The number of nitrogens with zero attached hydrogens (tertiary/aromatic N) is 2. The first-order valence-electron chi connectivity index (χ1n) is 8.45. The number of amides is 1. The number of benzene rings is 2. The lowest BCUT2D eigenvalue weighted by Crippen LogP contribution is -2.40. The van der Waals surface area contributed by atoms with Gasteiger partial charge >= 0.3 is 5.69 Å². The Kier molecular flexibility index (Phi) is 5.95. The molecular formula is C20H17BrClN3O4. The molecule has 0 saturated carbocycles. The highest BCUT2D eigenvalue weighted by atomic mass is 79.9. The Balaban J connectivity index is 2.08. The SMILES string of the molecule is COc1c(NC(=O)c2cn(C)c(=O)n(C)c2=O)cccc1-c1cccc(Br)c1Cl. The molecule has 1 aromatic heterocycles. The predicted molar refractivity (Wildman–Crippen MR) is 116 cm³/mol. The molecule has 0 atom stereocenters. The molecule has 1 heterocycles. The van der Waals surface area contributed by atoms with Gasteiger partial charge in [0, 0.05) is 35.9 Å². The molecule has 29 heavy (non-hydrogen) atoms. The fourth-order valence-corrected chi connectivity index (χ4v) is 3.53. The molecule has 9 heteroatoms. The minimum absolute atomic E-state index is 0.164. The number of nitrogens with one attached hydrogen (secondary N) is 1. The summed E-state index contributed by atoms with van der Waals surface area (Å²) in [5.74, 6) is -0.264. The van der Waals surface area contributed by atoms with Crippen molar-refractivity contribution in [2.75, 3.05) is 12.4 Å². The smallest absolute Gasteiger partial charge is 0.330 e. The van der Waals surface area contributed by atoms with E-state index in [-0.39, 0.29) is 5.56 Å². The van der Waals surface area contributed by atoms with Crippen LogP contribution in [-0.4, -0.2) is 22.2 Å². The fraction of sp³-hybridized carbons (Fsp3) is 0.150. The molecule has 0 aliphatic rings. The molecule has 2 aromatic carbocycles. The molecule has 0 bridgehead atoms. The maximum atomic E-state index is 12.8. The van der Waals surface area contributed by atoms with Crippen LogP contribution >= 0.6 is 27.5 Å². The molecule has 7 nitrogen and oxygen atoms in total. The average Bonchev–Trinajstić information content (AvgIpc) is 2.71. The summed E-state index contributed by atoms with van der Waals surface area (Å²) in [6.45, 7) is 0. The first-order valence-corrected chi connectivity index (χ1v) is 9.62. The van der Waals surface area contributed by atoms with Crippen LogP contribution in [0, 0.1) is 0 Å². The van der Waals surface area contributed by atoms with Gasteiger partial charge in [-0.2, -0.15) is 0 Å². The van der Waals surface area contributed by atoms with E-state index in [4.69, 9.17) is 16.3 Å². The molecule has 1 N–H and O–H groups in total. The van der Waals surface area contributed by atoms with Crippen LogP contribution in [-0.2, 0) is 14.1 Å². The summed E-state index contributed by atoms with van der Waals surface area (Å²) in [6.07, 6.45) is 1.21. The van der Waals surface area contributed by atoms with E-state index in [1.54, 1.807) is 12.1 Å². The molecule has 0 spiro atoms. The lowest BCUT2D eigenvalue weighted by Gasteiger charge is -2.16.